The van der Waals surface area contributed by atoms with Crippen molar-refractivity contribution in [3.63, 3.8) is 0 Å². The van der Waals surface area contributed by atoms with Gasteiger partial charge in [0.25, 0.3) is 0 Å². The zero-order valence-corrected chi connectivity index (χ0v) is 15.1. The van der Waals surface area contributed by atoms with Gasteiger partial charge in [0, 0.05) is 5.33 Å². The first-order valence-corrected chi connectivity index (χ1v) is 8.68. The Labute approximate surface area is 141 Å². The van der Waals surface area contributed by atoms with E-state index in [0.29, 0.717) is 17.3 Å². The van der Waals surface area contributed by atoms with Crippen molar-refractivity contribution in [3.8, 4) is 0 Å². The summed E-state index contributed by atoms with van der Waals surface area (Å²) in [7, 11) is -0.413. The van der Waals surface area contributed by atoms with Crippen LogP contribution in [0.3, 0.4) is 0 Å². The molecule has 4 nitrogen and oxygen atoms in total. The maximum atomic E-state index is 10.1. The molecule has 1 aliphatic rings. The number of alkyl halides is 1. The molecule has 1 aromatic carbocycles. The Bertz CT molecular complexity index is 487. The van der Waals surface area contributed by atoms with Crippen molar-refractivity contribution < 1.29 is 19.5 Å². The van der Waals surface area contributed by atoms with Crippen LogP contribution < -0.4 is 5.46 Å². The van der Waals surface area contributed by atoms with E-state index in [4.69, 9.17) is 9.31 Å². The highest BCUT2D eigenvalue weighted by atomic mass is 79.9. The lowest BCUT2D eigenvalue weighted by molar-refractivity contribution is 0.00578. The monoisotopic (exact) mass is 370 g/mol. The third-order valence-corrected chi connectivity index (χ3v) is 5.03. The molecule has 0 aliphatic carbocycles. The molecule has 2 unspecified atom stereocenters. The standard InChI is InChI=1S/C16H24BBrO4/c1-15(2)16(3,4)22-17(21-15)12-7-5-11(6-8-12)14(20)13(19)9-10-18/h5-8,13-14,19-20H,9-10H2,1-4H3. The van der Waals surface area contributed by atoms with Crippen molar-refractivity contribution in [1.82, 2.24) is 0 Å². The Morgan fingerprint density at radius 2 is 1.55 bits per heavy atom. The average Bonchev–Trinajstić information content (AvgIpc) is 2.67. The number of benzene rings is 1. The summed E-state index contributed by atoms with van der Waals surface area (Å²) in [5, 5.41) is 20.6. The van der Waals surface area contributed by atoms with Crippen LogP contribution in [0.5, 0.6) is 0 Å². The summed E-state index contributed by atoms with van der Waals surface area (Å²) in [6, 6.07) is 7.37. The van der Waals surface area contributed by atoms with Gasteiger partial charge in [-0.2, -0.15) is 0 Å². The molecule has 0 saturated carbocycles. The highest BCUT2D eigenvalue weighted by Gasteiger charge is 2.51. The van der Waals surface area contributed by atoms with Crippen LogP contribution in [-0.2, 0) is 9.31 Å². The Morgan fingerprint density at radius 1 is 1.05 bits per heavy atom. The van der Waals surface area contributed by atoms with Crippen LogP contribution in [0.4, 0.5) is 0 Å². The van der Waals surface area contributed by atoms with E-state index in [1.165, 1.54) is 0 Å². The second-order valence-corrected chi connectivity index (χ2v) is 7.54. The molecule has 122 valence electrons. The summed E-state index contributed by atoms with van der Waals surface area (Å²) in [4.78, 5) is 0. The smallest absolute Gasteiger partial charge is 0.399 e. The van der Waals surface area contributed by atoms with Crippen molar-refractivity contribution in [2.24, 2.45) is 0 Å². The van der Waals surface area contributed by atoms with Crippen molar-refractivity contribution in [3.05, 3.63) is 29.8 Å². The van der Waals surface area contributed by atoms with Gasteiger partial charge in [-0.05, 0) is 45.1 Å². The average molecular weight is 371 g/mol. The lowest BCUT2D eigenvalue weighted by atomic mass is 9.78. The van der Waals surface area contributed by atoms with Crippen molar-refractivity contribution in [1.29, 1.82) is 0 Å². The van der Waals surface area contributed by atoms with Crippen LogP contribution in [0.1, 0.15) is 45.8 Å². The first kappa shape index (κ1) is 18.0. The van der Waals surface area contributed by atoms with Gasteiger partial charge in [-0.25, -0.2) is 0 Å². The van der Waals surface area contributed by atoms with Gasteiger partial charge < -0.3 is 19.5 Å². The minimum atomic E-state index is -0.884. The zero-order valence-electron chi connectivity index (χ0n) is 13.5. The Morgan fingerprint density at radius 3 is 2.00 bits per heavy atom. The molecule has 1 heterocycles. The van der Waals surface area contributed by atoms with Gasteiger partial charge in [0.2, 0.25) is 0 Å². The first-order chi connectivity index (χ1) is 10.2. The van der Waals surface area contributed by atoms with E-state index in [1.807, 2.05) is 52.0 Å². The zero-order chi connectivity index (χ0) is 16.5. The summed E-state index contributed by atoms with van der Waals surface area (Å²) in [6.07, 6.45) is -1.16. The van der Waals surface area contributed by atoms with Crippen molar-refractivity contribution in [2.75, 3.05) is 5.33 Å². The van der Waals surface area contributed by atoms with Crippen LogP contribution in [0.25, 0.3) is 0 Å². The van der Waals surface area contributed by atoms with Gasteiger partial charge in [-0.1, -0.05) is 40.2 Å². The Hall–Kier alpha value is -0.395. The lowest BCUT2D eigenvalue weighted by Crippen LogP contribution is -2.41. The van der Waals surface area contributed by atoms with Crippen LogP contribution in [0, 0.1) is 0 Å². The van der Waals surface area contributed by atoms with E-state index >= 15 is 0 Å². The van der Waals surface area contributed by atoms with Crippen molar-refractivity contribution >= 4 is 28.5 Å². The van der Waals surface area contributed by atoms with Gasteiger partial charge in [0.05, 0.1) is 17.3 Å². The normalized spacial score (nSPS) is 22.6. The minimum Gasteiger partial charge on any atom is -0.399 e. The maximum absolute atomic E-state index is 10.1. The summed E-state index contributed by atoms with van der Waals surface area (Å²) in [5.74, 6) is 0. The molecular formula is C16H24BBrO4. The van der Waals surface area contributed by atoms with Gasteiger partial charge in [0.15, 0.2) is 0 Å². The number of rotatable bonds is 5. The fraction of sp³-hybridized carbons (Fsp3) is 0.625. The fourth-order valence-electron chi connectivity index (χ4n) is 2.32. The molecule has 0 amide bonds. The van der Waals surface area contributed by atoms with E-state index in [1.54, 1.807) is 0 Å². The Balaban J connectivity index is 2.10. The fourth-order valence-corrected chi connectivity index (χ4v) is 2.79. The van der Waals surface area contributed by atoms with Crippen LogP contribution in [0.15, 0.2) is 24.3 Å². The third-order valence-electron chi connectivity index (χ3n) is 4.57. The molecule has 2 N–H and O–H groups in total. The topological polar surface area (TPSA) is 58.9 Å². The number of aliphatic hydroxyl groups is 2. The van der Waals surface area contributed by atoms with E-state index < -0.39 is 19.3 Å². The van der Waals surface area contributed by atoms with E-state index in [-0.39, 0.29) is 11.2 Å². The van der Waals surface area contributed by atoms with Gasteiger partial charge in [0.1, 0.15) is 6.10 Å². The Kier molecular flexibility index (Phi) is 5.40. The molecule has 1 saturated heterocycles. The molecule has 0 spiro atoms. The second-order valence-electron chi connectivity index (χ2n) is 6.74. The van der Waals surface area contributed by atoms with Crippen LogP contribution in [0.2, 0.25) is 0 Å². The van der Waals surface area contributed by atoms with E-state index in [9.17, 15) is 10.2 Å². The molecule has 22 heavy (non-hydrogen) atoms. The molecule has 0 aromatic heterocycles. The van der Waals surface area contributed by atoms with Crippen LogP contribution >= 0.6 is 15.9 Å². The molecule has 1 fully saturated rings. The molecule has 2 rings (SSSR count). The first-order valence-electron chi connectivity index (χ1n) is 7.55. The SMILES string of the molecule is CC1(C)OB(c2ccc(C(O)C(O)CCBr)cc2)OC1(C)C. The minimum absolute atomic E-state index is 0.373. The molecule has 6 heteroatoms. The number of aliphatic hydroxyl groups excluding tert-OH is 2. The molecule has 0 bridgehead atoms. The largest absolute Gasteiger partial charge is 0.494 e. The molecule has 0 radical (unpaired) electrons. The van der Waals surface area contributed by atoms with Gasteiger partial charge in [-0.15, -0.1) is 0 Å². The summed E-state index contributed by atoms with van der Waals surface area (Å²) < 4.78 is 12.0. The predicted octanol–water partition coefficient (Wildman–Crippen LogP) is 2.17. The lowest BCUT2D eigenvalue weighted by Gasteiger charge is -2.32. The quantitative estimate of drug-likeness (QED) is 0.616. The van der Waals surface area contributed by atoms with Crippen LogP contribution in [-0.4, -0.2) is 40.0 Å². The molecule has 2 atom stereocenters. The number of halogens is 1. The van der Waals surface area contributed by atoms with Gasteiger partial charge in [-0.3, -0.25) is 0 Å². The predicted molar refractivity (Wildman–Crippen MR) is 91.5 cm³/mol. The highest BCUT2D eigenvalue weighted by Crippen LogP contribution is 2.36. The summed E-state index contributed by atoms with van der Waals surface area (Å²) in [6.45, 7) is 8.06. The van der Waals surface area contributed by atoms with Gasteiger partial charge >= 0.3 is 7.12 Å². The highest BCUT2D eigenvalue weighted by molar-refractivity contribution is 9.09. The van der Waals surface area contributed by atoms with E-state index in [2.05, 4.69) is 15.9 Å². The molecule has 1 aromatic rings. The maximum Gasteiger partial charge on any atom is 0.494 e. The summed E-state index contributed by atoms with van der Waals surface area (Å²) in [5.41, 5.74) is 0.849. The van der Waals surface area contributed by atoms with E-state index in [0.717, 1.165) is 5.46 Å². The third kappa shape index (κ3) is 3.57. The number of hydrogen-bond donors (Lipinski definition) is 2. The molecule has 1 aliphatic heterocycles. The summed E-state index contributed by atoms with van der Waals surface area (Å²) >= 11 is 3.26. The number of hydrogen-bond acceptors (Lipinski definition) is 4. The second kappa shape index (κ2) is 6.61. The van der Waals surface area contributed by atoms with Crippen molar-refractivity contribution in [2.45, 2.75) is 57.5 Å². The molecular weight excluding hydrogens is 347 g/mol.